The van der Waals surface area contributed by atoms with Crippen molar-refractivity contribution in [2.45, 2.75) is 180 Å². The van der Waals surface area contributed by atoms with Crippen molar-refractivity contribution >= 4 is 70.9 Å². The first-order valence-electron chi connectivity index (χ1n) is 27.1. The number of benzene rings is 2. The molecule has 0 saturated carbocycles. The van der Waals surface area contributed by atoms with Crippen molar-refractivity contribution in [1.82, 2.24) is 20.4 Å². The Labute approximate surface area is 460 Å². The van der Waals surface area contributed by atoms with Gasteiger partial charge in [-0.25, -0.2) is 0 Å². The molecule has 0 spiro atoms. The lowest BCUT2D eigenvalue weighted by Gasteiger charge is -2.27. The van der Waals surface area contributed by atoms with Crippen LogP contribution >= 0.6 is 0 Å². The van der Waals surface area contributed by atoms with E-state index >= 15 is 0 Å². The number of alkyl halides is 1. The lowest BCUT2D eigenvalue weighted by Crippen LogP contribution is -2.54. The number of carboxylic acid groups (broad SMARTS) is 1. The van der Waals surface area contributed by atoms with E-state index in [1.807, 2.05) is 41.5 Å². The van der Waals surface area contributed by atoms with Crippen LogP contribution in [0.25, 0.3) is 0 Å². The van der Waals surface area contributed by atoms with Gasteiger partial charge in [-0.2, -0.15) is 0 Å². The Hall–Kier alpha value is -7.43. The summed E-state index contributed by atoms with van der Waals surface area (Å²) in [6.45, 7) is 11.9. The van der Waals surface area contributed by atoms with Crippen LogP contribution in [0, 0.1) is 0 Å². The molecule has 0 radical (unpaired) electrons. The molecule has 0 aromatic heterocycles. The third-order valence-electron chi connectivity index (χ3n) is 12.0. The number of nitrogens with zero attached hydrogens (tertiary/aromatic N) is 2. The molecule has 2 aromatic rings. The van der Waals surface area contributed by atoms with Gasteiger partial charge in [0, 0.05) is 45.1 Å². The molecule has 4 heterocycles. The van der Waals surface area contributed by atoms with Gasteiger partial charge < -0.3 is 29.8 Å². The molecular weight excluding hydrogens is 1030 g/mol. The van der Waals surface area contributed by atoms with Gasteiger partial charge in [0.15, 0.2) is 0 Å². The highest BCUT2D eigenvalue weighted by Gasteiger charge is 2.47. The molecule has 0 aliphatic carbocycles. The maximum atomic E-state index is 13.1. The second kappa shape index (κ2) is 31.8. The number of imide groups is 4. The number of hydrogen-bond acceptors (Lipinski definition) is 17. The summed E-state index contributed by atoms with van der Waals surface area (Å²) < 4.78 is 37.2. The minimum Gasteiger partial charge on any atom is -0.493 e. The van der Waals surface area contributed by atoms with Gasteiger partial charge in [0.25, 0.3) is 23.6 Å². The number of halogens is 1. The monoisotopic (exact) mass is 1110 g/mol. The Morgan fingerprint density at radius 3 is 1.38 bits per heavy atom. The van der Waals surface area contributed by atoms with Crippen LogP contribution in [0.5, 0.6) is 11.5 Å². The van der Waals surface area contributed by atoms with Gasteiger partial charge >= 0.3 is 17.9 Å². The van der Waals surface area contributed by atoms with Crippen LogP contribution < -0.4 is 25.8 Å². The molecule has 2 saturated heterocycles. The first kappa shape index (κ1) is 64.1. The molecule has 2 aromatic carbocycles. The minimum atomic E-state index is -1.02. The highest BCUT2D eigenvalue weighted by atomic mass is 19.1. The molecule has 79 heavy (non-hydrogen) atoms. The smallest absolute Gasteiger partial charge is 0.307 e. The lowest BCUT2D eigenvalue weighted by atomic mass is 10.0. The first-order valence-corrected chi connectivity index (χ1v) is 26.4. The molecule has 434 valence electrons. The first-order chi connectivity index (χ1) is 37.7. The standard InChI is InChI=1S/C28H36N2O8.C20H22N2O7.C7H15NO2.CH3F/c1-28(2,3)38-23(33)14-8-11-18(31)10-6-4-5-7-17-37-21-13-9-12-19-24(21)27(36)30(26(19)35)20-15-16-22(32)29-25(20)34;23-15-10-9-13(18(26)21-15)22-19(27)12-6-5-7-14(17(12)20(22)28)29-11-4-2-1-3-8-16(24)25;1-7(2,3)10-6(9)4-5-8;1-2/h9,12-13,20H,4-8,10-11,14-17H2,1-3H3,(H,29,32,34);5-7,13H,1-4,8-11H2,(H,24,25)(H,21,23,26);4-5,8H2,1-3H3;1H3/i;;;1D. The number of fused-ring (bicyclic) bond motifs is 2. The van der Waals surface area contributed by atoms with Gasteiger partial charge in [0.2, 0.25) is 23.6 Å². The molecule has 23 heteroatoms. The predicted molar refractivity (Wildman–Crippen MR) is 282 cm³/mol. The Morgan fingerprint density at radius 2 is 0.987 bits per heavy atom. The number of piperidine rings is 2. The van der Waals surface area contributed by atoms with E-state index in [0.717, 1.165) is 41.9 Å². The van der Waals surface area contributed by atoms with Gasteiger partial charge in [0.05, 0.1) is 50.4 Å². The van der Waals surface area contributed by atoms with Gasteiger partial charge in [-0.3, -0.25) is 82.4 Å². The molecule has 2 unspecified atom stereocenters. The number of esters is 2. The third kappa shape index (κ3) is 21.0. The summed E-state index contributed by atoms with van der Waals surface area (Å²) in [5, 5.41) is 13.0. The van der Waals surface area contributed by atoms with Gasteiger partial charge in [0.1, 0.15) is 40.6 Å². The molecule has 5 N–H and O–H groups in total. The molecule has 0 bridgehead atoms. The molecule has 4 aliphatic heterocycles. The Morgan fingerprint density at radius 1 is 0.595 bits per heavy atom. The fourth-order valence-electron chi connectivity index (χ4n) is 8.54. The van der Waals surface area contributed by atoms with Crippen LogP contribution in [-0.4, -0.2) is 136 Å². The largest absolute Gasteiger partial charge is 0.493 e. The maximum absolute atomic E-state index is 13.1. The Kier molecular flexibility index (Phi) is 25.8. The van der Waals surface area contributed by atoms with Crippen LogP contribution in [0.1, 0.15) is 200 Å². The van der Waals surface area contributed by atoms with Crippen molar-refractivity contribution in [2.24, 2.45) is 5.73 Å². The van der Waals surface area contributed by atoms with E-state index in [-0.39, 0.29) is 95.6 Å². The van der Waals surface area contributed by atoms with E-state index in [1.54, 1.807) is 24.3 Å². The number of carbonyl (C=O) groups is 12. The average Bonchev–Trinajstić information content (AvgIpc) is 3.83. The number of hydrogen-bond donors (Lipinski definition) is 4. The molecule has 6 rings (SSSR count). The number of carbonyl (C=O) groups excluding carboxylic acids is 11. The van der Waals surface area contributed by atoms with E-state index < -0.39 is 78.1 Å². The van der Waals surface area contributed by atoms with Crippen molar-refractivity contribution in [1.29, 1.82) is 0 Å². The zero-order valence-electron chi connectivity index (χ0n) is 47.0. The van der Waals surface area contributed by atoms with Crippen molar-refractivity contribution < 1.29 is 87.3 Å². The summed E-state index contributed by atoms with van der Waals surface area (Å²) in [6.07, 6.45) is 8.29. The number of ether oxygens (including phenoxy) is 4. The number of carboxylic acids is 1. The van der Waals surface area contributed by atoms with Crippen LogP contribution in [0.2, 0.25) is 0 Å². The molecule has 4 aliphatic rings. The topological polar surface area (TPSA) is 319 Å². The van der Waals surface area contributed by atoms with Crippen molar-refractivity contribution in [3.05, 3.63) is 58.7 Å². The minimum absolute atomic E-state index is 0.0604. The summed E-state index contributed by atoms with van der Waals surface area (Å²) in [5.41, 5.74) is 4.88. The average molecular weight is 1110 g/mol. The number of ketones is 1. The zero-order chi connectivity index (χ0) is 59.7. The van der Waals surface area contributed by atoms with Crippen LogP contribution in [0.4, 0.5) is 4.39 Å². The number of rotatable bonds is 24. The normalized spacial score (nSPS) is 16.8. The molecule has 22 nitrogen and oxygen atoms in total. The van der Waals surface area contributed by atoms with E-state index in [0.29, 0.717) is 64.7 Å². The number of amides is 8. The van der Waals surface area contributed by atoms with E-state index in [2.05, 4.69) is 10.6 Å². The second-order valence-corrected chi connectivity index (χ2v) is 20.8. The molecular formula is C56H76FN5O17. The van der Waals surface area contributed by atoms with E-state index in [4.69, 9.17) is 31.2 Å². The number of aliphatic carboxylic acids is 1. The number of Topliss-reactive ketones (excluding diaryl/α,β-unsaturated/α-hetero) is 1. The van der Waals surface area contributed by atoms with Gasteiger partial charge in [-0.15, -0.1) is 0 Å². The summed E-state index contributed by atoms with van der Waals surface area (Å²) >= 11 is 0. The fraction of sp³-hybridized carbons (Fsp3) is 0.571. The predicted octanol–water partition coefficient (Wildman–Crippen LogP) is 6.26. The lowest BCUT2D eigenvalue weighted by molar-refractivity contribution is -0.155. The quantitative estimate of drug-likeness (QED) is 0.0512. The summed E-state index contributed by atoms with van der Waals surface area (Å²) in [6, 6.07) is 7.47. The Bertz CT molecular complexity index is 2580. The summed E-state index contributed by atoms with van der Waals surface area (Å²) in [4.78, 5) is 146. The summed E-state index contributed by atoms with van der Waals surface area (Å²) in [5.74, 6) is -5.12. The molecule has 2 atom stereocenters. The van der Waals surface area contributed by atoms with Crippen molar-refractivity contribution in [3.8, 4) is 11.5 Å². The van der Waals surface area contributed by atoms with Crippen LogP contribution in [0.3, 0.4) is 0 Å². The summed E-state index contributed by atoms with van der Waals surface area (Å²) in [7, 11) is -1.00. The fourth-order valence-corrected chi connectivity index (χ4v) is 8.54. The van der Waals surface area contributed by atoms with E-state index in [9.17, 15) is 61.9 Å². The number of nitrogens with one attached hydrogen (secondary N) is 2. The SMILES string of the molecule is CC(C)(C)OC(=O)CCCC(=O)CCCCCCOc1cccc2c1C(=O)N(C1CCC(=O)NC1=O)C2=O.CC(C)(C)OC(=O)CCN.O=C(O)CCCCCCOc1cccc2c1C(=O)N(C1CCC(=O)NC1=O)C2=O.[2H]CF. The zero-order valence-corrected chi connectivity index (χ0v) is 46.0. The third-order valence-corrected chi connectivity index (χ3v) is 12.0. The molecule has 2 fully saturated rings. The highest BCUT2D eigenvalue weighted by Crippen LogP contribution is 2.35. The highest BCUT2D eigenvalue weighted by molar-refractivity contribution is 6.25. The number of unbranched alkanes of at least 4 members (excludes halogenated alkanes) is 6. The van der Waals surface area contributed by atoms with Crippen molar-refractivity contribution in [3.63, 3.8) is 0 Å². The van der Waals surface area contributed by atoms with E-state index in [1.165, 1.54) is 12.1 Å². The Balaban J connectivity index is 0.000000352. The number of nitrogens with two attached hydrogens (primary N) is 1. The van der Waals surface area contributed by atoms with Crippen LogP contribution in [-0.2, 0) is 47.8 Å². The maximum Gasteiger partial charge on any atom is 0.307 e. The van der Waals surface area contributed by atoms with Gasteiger partial charge in [-0.1, -0.05) is 37.8 Å². The van der Waals surface area contributed by atoms with Crippen LogP contribution in [0.15, 0.2) is 36.4 Å². The van der Waals surface area contributed by atoms with Gasteiger partial charge in [-0.05, 0) is 111 Å². The second-order valence-electron chi connectivity index (χ2n) is 20.8. The molecule has 8 amide bonds. The van der Waals surface area contributed by atoms with Crippen molar-refractivity contribution in [2.75, 3.05) is 26.9 Å².